The first-order chi connectivity index (χ1) is 1.00. The van der Waals surface area contributed by atoms with Crippen LogP contribution in [0.3, 0.4) is 0 Å². The molecule has 0 spiro atoms. The Hall–Kier alpha value is 0.372. The molecule has 0 rings (SSSR count). The molecular formula is CH4CrO4. The molecule has 0 unspecified atom stereocenters. The molecule has 0 aliphatic rings. The second-order valence-corrected chi connectivity index (χ2v) is 0. The van der Waals surface area contributed by atoms with Crippen LogP contribution < -0.4 is 0 Å². The molecule has 0 radical (unpaired) electrons. The Kier molecular flexibility index (Phi) is 12000. The van der Waals surface area contributed by atoms with Crippen LogP contribution in [0.1, 0.15) is 0 Å². The fourth-order valence-electron chi connectivity index (χ4n) is 0. The second kappa shape index (κ2) is 740. The monoisotopic (exact) mass is 132 g/mol. The van der Waals surface area contributed by atoms with Gasteiger partial charge < -0.3 is 21.5 Å². The van der Waals surface area contributed by atoms with Crippen LogP contribution in [-0.2, 0) is 33.8 Å². The van der Waals surface area contributed by atoms with E-state index in [2.05, 4.69) is 0 Å². The van der Waals surface area contributed by atoms with Gasteiger partial charge in [-0.3, -0.25) is 0 Å². The minimum absolute atomic E-state index is 0. The Bertz CT molecular complexity index is 7.51. The van der Waals surface area contributed by atoms with Gasteiger partial charge in [-0.2, -0.15) is 0 Å². The van der Waals surface area contributed by atoms with Gasteiger partial charge in [0.15, 0.2) is 0 Å². The summed E-state index contributed by atoms with van der Waals surface area (Å²) < 4.78 is 0. The zero-order valence-corrected chi connectivity index (χ0v) is 4.36. The van der Waals surface area contributed by atoms with E-state index in [0.29, 0.717) is 0 Å². The first kappa shape index (κ1) is 97.6. The molecule has 5 heteroatoms. The van der Waals surface area contributed by atoms with Crippen LogP contribution in [-0.4, -0.2) is 12.2 Å². The third-order valence-electron chi connectivity index (χ3n) is 0. The van der Waals surface area contributed by atoms with Crippen molar-refractivity contribution in [1.82, 2.24) is 0 Å². The summed E-state index contributed by atoms with van der Waals surface area (Å²) >= 11 is 0. The van der Waals surface area contributed by atoms with E-state index in [1.54, 1.807) is 0 Å². The molecule has 0 bridgehead atoms. The predicted molar refractivity (Wildman–Crippen MR) is 10.2 cm³/mol. The van der Waals surface area contributed by atoms with E-state index in [0.717, 1.165) is 7.11 Å². The molecule has 0 fully saturated rings. The van der Waals surface area contributed by atoms with Crippen molar-refractivity contribution >= 4 is 0 Å². The van der Waals surface area contributed by atoms with Crippen molar-refractivity contribution in [3.05, 3.63) is 0 Å². The van der Waals surface area contributed by atoms with Gasteiger partial charge in [0.1, 0.15) is 0 Å². The molecule has 6 heavy (non-hydrogen) atoms. The number of rotatable bonds is 0. The van der Waals surface area contributed by atoms with E-state index < -0.39 is 0 Å². The summed E-state index contributed by atoms with van der Waals surface area (Å²) in [4.78, 5) is 0. The van der Waals surface area contributed by atoms with Gasteiger partial charge in [0.25, 0.3) is 0 Å². The summed E-state index contributed by atoms with van der Waals surface area (Å²) in [6, 6.07) is 0. The van der Waals surface area contributed by atoms with Crippen LogP contribution >= 0.6 is 0 Å². The third kappa shape index (κ3) is 358. The maximum atomic E-state index is 7.00. The first-order valence-corrected chi connectivity index (χ1v) is 0.447. The van der Waals surface area contributed by atoms with Crippen molar-refractivity contribution < 1.29 is 38.9 Å². The van der Waals surface area contributed by atoms with Crippen LogP contribution in [0, 0.1) is 0 Å². The molecule has 0 saturated carbocycles. The molecule has 38 valence electrons. The molecule has 0 aromatic rings. The van der Waals surface area contributed by atoms with Gasteiger partial charge in [0.2, 0.25) is 0 Å². The van der Waals surface area contributed by atoms with Crippen LogP contribution in [0.5, 0.6) is 0 Å². The van der Waals surface area contributed by atoms with Gasteiger partial charge >= 0.3 is 17.4 Å². The van der Waals surface area contributed by atoms with E-state index in [-0.39, 0.29) is 33.8 Å². The second-order valence-electron chi connectivity index (χ2n) is 0. The summed E-state index contributed by atoms with van der Waals surface area (Å²) in [6.45, 7) is 0. The Balaban J connectivity index is -0.000000000833. The summed E-state index contributed by atoms with van der Waals surface area (Å²) in [5, 5.41) is 7.00. The minimum atomic E-state index is 0. The SMILES string of the molecule is CO.[Cr+6].[O-2].[O-2].[O-2]. The van der Waals surface area contributed by atoms with Crippen molar-refractivity contribution in [2.45, 2.75) is 0 Å². The average Bonchev–Trinajstić information content (AvgIpc) is 1.00. The normalized spacial score (nSPS) is 1.00. The number of hydrogen-bond donors (Lipinski definition) is 1. The summed E-state index contributed by atoms with van der Waals surface area (Å²) in [7, 11) is 1.00. The molecule has 0 amide bonds. The summed E-state index contributed by atoms with van der Waals surface area (Å²) in [5.41, 5.74) is 0. The molecular weight excluding hydrogens is 128 g/mol. The van der Waals surface area contributed by atoms with Crippen molar-refractivity contribution in [3.8, 4) is 0 Å². The van der Waals surface area contributed by atoms with Crippen molar-refractivity contribution in [2.75, 3.05) is 7.11 Å². The van der Waals surface area contributed by atoms with E-state index >= 15 is 0 Å². The predicted octanol–water partition coefficient (Wildman–Crippen LogP) is -0.750. The van der Waals surface area contributed by atoms with Crippen molar-refractivity contribution in [1.29, 1.82) is 0 Å². The van der Waals surface area contributed by atoms with E-state index in [9.17, 15) is 0 Å². The van der Waals surface area contributed by atoms with Crippen LogP contribution in [0.2, 0.25) is 0 Å². The van der Waals surface area contributed by atoms with Crippen molar-refractivity contribution in [2.24, 2.45) is 0 Å². The molecule has 0 atom stereocenters. The largest absolute Gasteiger partial charge is 6.00 e. The number of hydrogen-bond acceptors (Lipinski definition) is 1. The standard InChI is InChI=1S/CH4O.Cr.3O/c1-2;;;;/h2H,1H3;;;;/q;+6;3*-2. The molecule has 0 saturated heterocycles. The van der Waals surface area contributed by atoms with E-state index in [1.807, 2.05) is 0 Å². The topological polar surface area (TPSA) is 106 Å². The Labute approximate surface area is 46.8 Å². The Morgan fingerprint density at radius 2 is 0.833 bits per heavy atom. The fraction of sp³-hybridized carbons (Fsp3) is 1.00. The van der Waals surface area contributed by atoms with Gasteiger partial charge in [-0.15, -0.1) is 0 Å². The minimum Gasteiger partial charge on any atom is -2.00 e. The Morgan fingerprint density at radius 3 is 0.833 bits per heavy atom. The van der Waals surface area contributed by atoms with Crippen LogP contribution in [0.15, 0.2) is 0 Å². The number of aliphatic hydroxyl groups excluding tert-OH is 1. The van der Waals surface area contributed by atoms with Gasteiger partial charge in [-0.1, -0.05) is 0 Å². The number of aliphatic hydroxyl groups is 1. The molecule has 0 aliphatic carbocycles. The van der Waals surface area contributed by atoms with E-state index in [1.165, 1.54) is 0 Å². The average molecular weight is 132 g/mol. The van der Waals surface area contributed by atoms with Crippen molar-refractivity contribution in [3.63, 3.8) is 0 Å². The molecule has 0 aromatic carbocycles. The quantitative estimate of drug-likeness (QED) is 0.460. The molecule has 0 heterocycles. The van der Waals surface area contributed by atoms with Gasteiger partial charge in [0.05, 0.1) is 0 Å². The summed E-state index contributed by atoms with van der Waals surface area (Å²) in [6.07, 6.45) is 0. The van der Waals surface area contributed by atoms with Crippen LogP contribution in [0.25, 0.3) is 0 Å². The van der Waals surface area contributed by atoms with Gasteiger partial charge in [-0.25, -0.2) is 0 Å². The zero-order valence-electron chi connectivity index (χ0n) is 3.08. The third-order valence-corrected chi connectivity index (χ3v) is 0. The van der Waals surface area contributed by atoms with Crippen LogP contribution in [0.4, 0.5) is 0 Å². The molecule has 0 aliphatic heterocycles. The van der Waals surface area contributed by atoms with Gasteiger partial charge in [-0.05, 0) is 0 Å². The molecule has 0 aromatic heterocycles. The maximum absolute atomic E-state index is 7.00. The van der Waals surface area contributed by atoms with Gasteiger partial charge in [0, 0.05) is 7.11 Å². The Morgan fingerprint density at radius 1 is 0.833 bits per heavy atom. The fourth-order valence-corrected chi connectivity index (χ4v) is 0. The zero-order chi connectivity index (χ0) is 2.00. The first-order valence-electron chi connectivity index (χ1n) is 0.447. The smallest absolute Gasteiger partial charge is 2.00 e. The molecule has 1 N–H and O–H groups in total. The summed E-state index contributed by atoms with van der Waals surface area (Å²) in [5.74, 6) is 0. The molecule has 4 nitrogen and oxygen atoms in total. The maximum Gasteiger partial charge on any atom is 6.00 e. The van der Waals surface area contributed by atoms with E-state index in [4.69, 9.17) is 5.11 Å².